The monoisotopic (exact) mass is 347 g/mol. The van der Waals surface area contributed by atoms with Crippen LogP contribution < -0.4 is 15.8 Å². The highest BCUT2D eigenvalue weighted by Gasteiger charge is 2.20. The van der Waals surface area contributed by atoms with Crippen LogP contribution in [0.5, 0.6) is 0 Å². The maximum absolute atomic E-state index is 13.6. The van der Waals surface area contributed by atoms with Crippen molar-refractivity contribution in [2.45, 2.75) is 38.2 Å². The highest BCUT2D eigenvalue weighted by atomic mass is 32.2. The van der Waals surface area contributed by atoms with Gasteiger partial charge in [0.15, 0.2) is 0 Å². The molecule has 0 saturated carbocycles. The summed E-state index contributed by atoms with van der Waals surface area (Å²) in [5, 5.41) is 2.41. The molecule has 0 heterocycles. The predicted molar refractivity (Wildman–Crippen MR) is 85.0 cm³/mol. The van der Waals surface area contributed by atoms with Crippen LogP contribution in [0.25, 0.3) is 0 Å². The zero-order chi connectivity index (χ0) is 17.8. The fourth-order valence-electron chi connectivity index (χ4n) is 1.69. The number of anilines is 1. The number of nitrogens with two attached hydrogens (primary N) is 1. The predicted octanol–water partition coefficient (Wildman–Crippen LogP) is 1.52. The number of halogens is 1. The fourth-order valence-corrected chi connectivity index (χ4v) is 3.01. The Kier molecular flexibility index (Phi) is 5.95. The molecule has 0 aromatic heterocycles. The molecule has 130 valence electrons. The third kappa shape index (κ3) is 6.03. The van der Waals surface area contributed by atoms with E-state index in [2.05, 4.69) is 10.0 Å². The number of sulfonamides is 1. The van der Waals surface area contributed by atoms with Crippen molar-refractivity contribution in [2.75, 3.05) is 18.8 Å². The number of hydrogen-bond donors (Lipinski definition) is 3. The van der Waals surface area contributed by atoms with Crippen LogP contribution in [0.3, 0.4) is 0 Å². The Bertz CT molecular complexity index is 684. The molecule has 0 radical (unpaired) electrons. The van der Waals surface area contributed by atoms with Gasteiger partial charge in [-0.3, -0.25) is 0 Å². The number of rotatable bonds is 5. The second-order valence-electron chi connectivity index (χ2n) is 5.95. The van der Waals surface area contributed by atoms with Crippen LogP contribution in [-0.4, -0.2) is 33.2 Å². The zero-order valence-corrected chi connectivity index (χ0v) is 14.4. The largest absolute Gasteiger partial charge is 0.444 e. The summed E-state index contributed by atoms with van der Waals surface area (Å²) < 4.78 is 45.2. The molecule has 0 saturated heterocycles. The van der Waals surface area contributed by atoms with E-state index in [0.29, 0.717) is 0 Å². The SMILES string of the molecule is Cc1c(F)cc(N)cc1S(=O)(=O)NCCNC(=O)OC(C)(C)C. The van der Waals surface area contributed by atoms with Crippen molar-refractivity contribution in [1.29, 1.82) is 0 Å². The molecule has 0 aliphatic heterocycles. The van der Waals surface area contributed by atoms with E-state index in [1.807, 2.05) is 0 Å². The van der Waals surface area contributed by atoms with Crippen molar-refractivity contribution in [3.8, 4) is 0 Å². The van der Waals surface area contributed by atoms with E-state index in [4.69, 9.17) is 10.5 Å². The minimum absolute atomic E-state index is 0.0142. The van der Waals surface area contributed by atoms with Crippen LogP contribution in [0.15, 0.2) is 17.0 Å². The van der Waals surface area contributed by atoms with E-state index >= 15 is 0 Å². The lowest BCUT2D eigenvalue weighted by atomic mass is 10.2. The van der Waals surface area contributed by atoms with Gasteiger partial charge in [-0.05, 0) is 39.8 Å². The first-order valence-corrected chi connectivity index (χ1v) is 8.43. The molecule has 23 heavy (non-hydrogen) atoms. The average Bonchev–Trinajstić information content (AvgIpc) is 2.37. The third-order valence-electron chi connectivity index (χ3n) is 2.69. The maximum Gasteiger partial charge on any atom is 0.407 e. The Morgan fingerprint density at radius 2 is 1.91 bits per heavy atom. The van der Waals surface area contributed by atoms with Crippen molar-refractivity contribution in [1.82, 2.24) is 10.0 Å². The zero-order valence-electron chi connectivity index (χ0n) is 13.6. The minimum atomic E-state index is -3.93. The molecule has 1 rings (SSSR count). The standard InChI is InChI=1S/C14H22FN3O4S/c1-9-11(15)7-10(16)8-12(9)23(20,21)18-6-5-17-13(19)22-14(2,3)4/h7-8,18H,5-6,16H2,1-4H3,(H,17,19). The van der Waals surface area contributed by atoms with Gasteiger partial charge in [-0.1, -0.05) is 0 Å². The molecular formula is C14H22FN3O4S. The topological polar surface area (TPSA) is 111 Å². The van der Waals surface area contributed by atoms with Crippen molar-refractivity contribution in [3.05, 3.63) is 23.5 Å². The van der Waals surface area contributed by atoms with E-state index in [-0.39, 0.29) is 29.2 Å². The number of benzene rings is 1. The smallest absolute Gasteiger partial charge is 0.407 e. The molecule has 0 atom stereocenters. The van der Waals surface area contributed by atoms with Crippen LogP contribution in [-0.2, 0) is 14.8 Å². The molecule has 1 aromatic rings. The highest BCUT2D eigenvalue weighted by Crippen LogP contribution is 2.21. The van der Waals surface area contributed by atoms with Crippen LogP contribution in [0.1, 0.15) is 26.3 Å². The third-order valence-corrected chi connectivity index (χ3v) is 4.28. The molecule has 1 aromatic carbocycles. The van der Waals surface area contributed by atoms with Gasteiger partial charge in [0.25, 0.3) is 0 Å². The molecule has 9 heteroatoms. The van der Waals surface area contributed by atoms with Gasteiger partial charge in [-0.2, -0.15) is 0 Å². The number of carbonyl (C=O) groups is 1. The van der Waals surface area contributed by atoms with Crippen molar-refractivity contribution in [2.24, 2.45) is 0 Å². The van der Waals surface area contributed by atoms with Crippen LogP contribution in [0.4, 0.5) is 14.9 Å². The van der Waals surface area contributed by atoms with Gasteiger partial charge in [0, 0.05) is 24.3 Å². The van der Waals surface area contributed by atoms with Gasteiger partial charge in [0.2, 0.25) is 10.0 Å². The molecule has 0 unspecified atom stereocenters. The number of alkyl carbamates (subject to hydrolysis) is 1. The van der Waals surface area contributed by atoms with E-state index < -0.39 is 27.5 Å². The maximum atomic E-state index is 13.6. The fraction of sp³-hybridized carbons (Fsp3) is 0.500. The Balaban J connectivity index is 2.63. The lowest BCUT2D eigenvalue weighted by molar-refractivity contribution is 0.0529. The molecule has 0 spiro atoms. The summed E-state index contributed by atoms with van der Waals surface area (Å²) in [5.74, 6) is -0.697. The van der Waals surface area contributed by atoms with Crippen molar-refractivity contribution in [3.63, 3.8) is 0 Å². The second-order valence-corrected chi connectivity index (χ2v) is 7.69. The number of nitrogens with one attached hydrogen (secondary N) is 2. The van der Waals surface area contributed by atoms with Gasteiger partial charge in [0.05, 0.1) is 4.90 Å². The summed E-state index contributed by atoms with van der Waals surface area (Å²) >= 11 is 0. The van der Waals surface area contributed by atoms with Crippen LogP contribution >= 0.6 is 0 Å². The molecule has 0 bridgehead atoms. The van der Waals surface area contributed by atoms with Crippen molar-refractivity contribution < 1.29 is 22.3 Å². The first-order chi connectivity index (χ1) is 10.4. The Morgan fingerprint density at radius 3 is 2.48 bits per heavy atom. The number of ether oxygens (including phenoxy) is 1. The van der Waals surface area contributed by atoms with E-state index in [1.165, 1.54) is 13.0 Å². The summed E-state index contributed by atoms with van der Waals surface area (Å²) in [4.78, 5) is 11.2. The first-order valence-electron chi connectivity index (χ1n) is 6.94. The van der Waals surface area contributed by atoms with E-state index in [1.54, 1.807) is 20.8 Å². The summed E-state index contributed by atoms with van der Waals surface area (Å²) in [7, 11) is -3.93. The molecular weight excluding hydrogens is 325 g/mol. The molecule has 4 N–H and O–H groups in total. The Labute approximate surface area is 135 Å². The van der Waals surface area contributed by atoms with Crippen molar-refractivity contribution >= 4 is 21.8 Å². The van der Waals surface area contributed by atoms with Gasteiger partial charge >= 0.3 is 6.09 Å². The number of amides is 1. The van der Waals surface area contributed by atoms with Gasteiger partial charge in [-0.25, -0.2) is 22.3 Å². The highest BCUT2D eigenvalue weighted by molar-refractivity contribution is 7.89. The number of hydrogen-bond acceptors (Lipinski definition) is 5. The minimum Gasteiger partial charge on any atom is -0.444 e. The van der Waals surface area contributed by atoms with E-state index in [9.17, 15) is 17.6 Å². The molecule has 0 fully saturated rings. The summed E-state index contributed by atoms with van der Waals surface area (Å²) in [5.41, 5.74) is 4.83. The second kappa shape index (κ2) is 7.14. The number of carbonyl (C=O) groups excluding carboxylic acids is 1. The lowest BCUT2D eigenvalue weighted by Crippen LogP contribution is -2.38. The van der Waals surface area contributed by atoms with Crippen LogP contribution in [0.2, 0.25) is 0 Å². The Morgan fingerprint density at radius 1 is 1.30 bits per heavy atom. The summed E-state index contributed by atoms with van der Waals surface area (Å²) in [6.45, 7) is 6.45. The molecule has 1 amide bonds. The first kappa shape index (κ1) is 19.2. The molecule has 0 aliphatic carbocycles. The number of nitrogen functional groups attached to an aromatic ring is 1. The Hall–Kier alpha value is -1.87. The van der Waals surface area contributed by atoms with Gasteiger partial charge < -0.3 is 15.8 Å². The average molecular weight is 347 g/mol. The lowest BCUT2D eigenvalue weighted by Gasteiger charge is -2.19. The molecule has 7 nitrogen and oxygen atoms in total. The van der Waals surface area contributed by atoms with E-state index in [0.717, 1.165) is 6.07 Å². The summed E-state index contributed by atoms with van der Waals surface area (Å²) in [6, 6.07) is 2.24. The molecule has 0 aliphatic rings. The van der Waals surface area contributed by atoms with Gasteiger partial charge in [-0.15, -0.1) is 0 Å². The summed E-state index contributed by atoms with van der Waals surface area (Å²) in [6.07, 6.45) is -0.650. The quantitative estimate of drug-likeness (QED) is 0.552. The normalized spacial score (nSPS) is 12.0. The van der Waals surface area contributed by atoms with Gasteiger partial charge in [0.1, 0.15) is 11.4 Å². The van der Waals surface area contributed by atoms with Crippen LogP contribution in [0, 0.1) is 12.7 Å².